The molecule has 0 aliphatic carbocycles. The van der Waals surface area contributed by atoms with Crippen LogP contribution in [0.15, 0.2) is 79.0 Å². The van der Waals surface area contributed by atoms with Crippen LogP contribution in [0.4, 0.5) is 0 Å². The van der Waals surface area contributed by atoms with Crippen LogP contribution >= 0.6 is 0 Å². The molecule has 27 heavy (non-hydrogen) atoms. The number of nitrogens with one attached hydrogen (secondary N) is 2. The first-order valence-electron chi connectivity index (χ1n) is 9.08. The number of fused-ring (bicyclic) bond motifs is 1. The Hall–Kier alpha value is -3.02. The van der Waals surface area contributed by atoms with Crippen LogP contribution in [0.2, 0.25) is 0 Å². The molecule has 0 saturated heterocycles. The first-order chi connectivity index (χ1) is 13.4. The number of H-pyrrole nitrogens is 1. The van der Waals surface area contributed by atoms with E-state index in [-0.39, 0.29) is 6.04 Å². The molecule has 0 saturated carbocycles. The number of nitrogens with zero attached hydrogens (tertiary/aromatic N) is 2. The number of hydrogen-bond donors (Lipinski definition) is 2. The first kappa shape index (κ1) is 17.4. The van der Waals surface area contributed by atoms with Gasteiger partial charge in [-0.05, 0) is 23.3 Å². The van der Waals surface area contributed by atoms with Gasteiger partial charge in [-0.3, -0.25) is 0 Å². The van der Waals surface area contributed by atoms with Gasteiger partial charge >= 0.3 is 0 Å². The van der Waals surface area contributed by atoms with Gasteiger partial charge in [0.1, 0.15) is 5.82 Å². The molecule has 0 spiro atoms. The summed E-state index contributed by atoms with van der Waals surface area (Å²) in [6.45, 7) is 1.79. The Morgan fingerprint density at radius 2 is 1.70 bits per heavy atom. The largest absolute Gasteiger partial charge is 0.375 e. The number of imidazole rings is 1. The average molecular weight is 358 g/mol. The van der Waals surface area contributed by atoms with E-state index in [1.54, 1.807) is 6.20 Å². The summed E-state index contributed by atoms with van der Waals surface area (Å²) in [4.78, 5) is 12.1. The summed E-state index contributed by atoms with van der Waals surface area (Å²) in [6.07, 6.45) is 1.75. The molecule has 5 heteroatoms. The minimum atomic E-state index is 0.0797. The molecule has 5 nitrogen and oxygen atoms in total. The van der Waals surface area contributed by atoms with Crippen LogP contribution < -0.4 is 5.32 Å². The number of pyridine rings is 1. The fourth-order valence-electron chi connectivity index (χ4n) is 3.03. The Labute approximate surface area is 158 Å². The van der Waals surface area contributed by atoms with Gasteiger partial charge in [0.05, 0.1) is 31.3 Å². The van der Waals surface area contributed by atoms with Crippen LogP contribution in [-0.2, 0) is 17.9 Å². The monoisotopic (exact) mass is 358 g/mol. The molecular formula is C22H22N4O. The SMILES string of the molecule is c1ccc(COCC(NCc2nc3ncccc3[nH]2)c2ccccc2)cc1. The number of rotatable bonds is 8. The van der Waals surface area contributed by atoms with E-state index in [9.17, 15) is 0 Å². The molecular weight excluding hydrogens is 336 g/mol. The fourth-order valence-corrected chi connectivity index (χ4v) is 3.03. The van der Waals surface area contributed by atoms with Crippen molar-refractivity contribution in [1.82, 2.24) is 20.3 Å². The van der Waals surface area contributed by atoms with E-state index in [1.807, 2.05) is 48.5 Å². The van der Waals surface area contributed by atoms with E-state index in [4.69, 9.17) is 4.74 Å². The van der Waals surface area contributed by atoms with Crippen LogP contribution in [0.5, 0.6) is 0 Å². The molecule has 0 aliphatic rings. The Bertz CT molecular complexity index is 936. The van der Waals surface area contributed by atoms with Crippen molar-refractivity contribution in [3.05, 3.63) is 95.9 Å². The lowest BCUT2D eigenvalue weighted by Crippen LogP contribution is -2.25. The van der Waals surface area contributed by atoms with Gasteiger partial charge in [0, 0.05) is 6.20 Å². The number of aromatic amines is 1. The van der Waals surface area contributed by atoms with Crippen molar-refractivity contribution in [1.29, 1.82) is 0 Å². The van der Waals surface area contributed by atoms with Crippen molar-refractivity contribution < 1.29 is 4.74 Å². The summed E-state index contributed by atoms with van der Waals surface area (Å²) in [7, 11) is 0. The van der Waals surface area contributed by atoms with Gasteiger partial charge in [-0.2, -0.15) is 0 Å². The molecule has 0 bridgehead atoms. The highest BCUT2D eigenvalue weighted by molar-refractivity contribution is 5.69. The third-order valence-corrected chi connectivity index (χ3v) is 4.42. The van der Waals surface area contributed by atoms with Crippen LogP contribution in [0.1, 0.15) is 23.0 Å². The van der Waals surface area contributed by atoms with Gasteiger partial charge in [-0.1, -0.05) is 60.7 Å². The summed E-state index contributed by atoms with van der Waals surface area (Å²) in [5.41, 5.74) is 4.06. The third kappa shape index (κ3) is 4.58. The minimum Gasteiger partial charge on any atom is -0.375 e. The van der Waals surface area contributed by atoms with E-state index >= 15 is 0 Å². The normalized spacial score (nSPS) is 12.3. The molecule has 4 rings (SSSR count). The quantitative estimate of drug-likeness (QED) is 0.500. The summed E-state index contributed by atoms with van der Waals surface area (Å²) >= 11 is 0. The van der Waals surface area contributed by atoms with E-state index < -0.39 is 0 Å². The molecule has 136 valence electrons. The molecule has 0 radical (unpaired) electrons. The molecule has 2 aromatic heterocycles. The van der Waals surface area contributed by atoms with E-state index in [0.29, 0.717) is 19.8 Å². The lowest BCUT2D eigenvalue weighted by Gasteiger charge is -2.19. The van der Waals surface area contributed by atoms with Crippen molar-refractivity contribution in [2.24, 2.45) is 0 Å². The van der Waals surface area contributed by atoms with E-state index in [1.165, 1.54) is 11.1 Å². The molecule has 4 aromatic rings. The van der Waals surface area contributed by atoms with Crippen molar-refractivity contribution in [2.45, 2.75) is 19.2 Å². The van der Waals surface area contributed by atoms with Crippen molar-refractivity contribution in [2.75, 3.05) is 6.61 Å². The van der Waals surface area contributed by atoms with Gasteiger partial charge in [-0.25, -0.2) is 9.97 Å². The molecule has 2 aromatic carbocycles. The summed E-state index contributed by atoms with van der Waals surface area (Å²) < 4.78 is 5.98. The summed E-state index contributed by atoms with van der Waals surface area (Å²) in [6, 6.07) is 24.5. The van der Waals surface area contributed by atoms with Gasteiger partial charge in [-0.15, -0.1) is 0 Å². The number of ether oxygens (including phenoxy) is 1. The van der Waals surface area contributed by atoms with Crippen LogP contribution in [0.25, 0.3) is 11.2 Å². The summed E-state index contributed by atoms with van der Waals surface area (Å²) in [5.74, 6) is 0.868. The van der Waals surface area contributed by atoms with Crippen LogP contribution in [0, 0.1) is 0 Å². The van der Waals surface area contributed by atoms with Crippen molar-refractivity contribution >= 4 is 11.2 Å². The van der Waals surface area contributed by atoms with Crippen LogP contribution in [0.3, 0.4) is 0 Å². The molecule has 2 heterocycles. The van der Waals surface area contributed by atoms with Gasteiger partial charge in [0.2, 0.25) is 0 Å². The van der Waals surface area contributed by atoms with Gasteiger partial charge in [0.25, 0.3) is 0 Å². The lowest BCUT2D eigenvalue weighted by molar-refractivity contribution is 0.0979. The maximum absolute atomic E-state index is 5.98. The average Bonchev–Trinajstić information content (AvgIpc) is 3.15. The smallest absolute Gasteiger partial charge is 0.177 e. The van der Waals surface area contributed by atoms with Gasteiger partial charge < -0.3 is 15.0 Å². The number of aromatic nitrogens is 3. The van der Waals surface area contributed by atoms with Gasteiger partial charge in [0.15, 0.2) is 5.65 Å². The Morgan fingerprint density at radius 1 is 0.926 bits per heavy atom. The predicted octanol–water partition coefficient (Wildman–Crippen LogP) is 4.01. The van der Waals surface area contributed by atoms with E-state index in [0.717, 1.165) is 17.0 Å². The van der Waals surface area contributed by atoms with Crippen molar-refractivity contribution in [3.8, 4) is 0 Å². The lowest BCUT2D eigenvalue weighted by atomic mass is 10.1. The highest BCUT2D eigenvalue weighted by Gasteiger charge is 2.13. The maximum atomic E-state index is 5.98. The highest BCUT2D eigenvalue weighted by atomic mass is 16.5. The van der Waals surface area contributed by atoms with E-state index in [2.05, 4.69) is 44.5 Å². The molecule has 0 aliphatic heterocycles. The molecule has 0 amide bonds. The highest BCUT2D eigenvalue weighted by Crippen LogP contribution is 2.15. The minimum absolute atomic E-state index is 0.0797. The topological polar surface area (TPSA) is 62.8 Å². The zero-order valence-electron chi connectivity index (χ0n) is 15.0. The first-order valence-corrected chi connectivity index (χ1v) is 9.08. The second-order valence-electron chi connectivity index (χ2n) is 6.40. The number of benzene rings is 2. The number of hydrogen-bond acceptors (Lipinski definition) is 4. The second kappa shape index (κ2) is 8.58. The predicted molar refractivity (Wildman–Crippen MR) is 106 cm³/mol. The third-order valence-electron chi connectivity index (χ3n) is 4.42. The molecule has 1 atom stereocenters. The zero-order chi connectivity index (χ0) is 18.3. The van der Waals surface area contributed by atoms with Crippen molar-refractivity contribution in [3.63, 3.8) is 0 Å². The molecule has 2 N–H and O–H groups in total. The maximum Gasteiger partial charge on any atom is 0.177 e. The van der Waals surface area contributed by atoms with Crippen LogP contribution in [-0.4, -0.2) is 21.6 Å². The molecule has 0 fully saturated rings. The Balaban J connectivity index is 1.41. The molecule has 1 unspecified atom stereocenters. The zero-order valence-corrected chi connectivity index (χ0v) is 15.0. The standard InChI is InChI=1S/C22H22N4O/c1-3-8-17(9-4-1)15-27-16-20(18-10-5-2-6-11-18)24-14-21-25-19-12-7-13-23-22(19)26-21/h1-13,20,24H,14-16H2,(H,23,25,26). The Kier molecular flexibility index (Phi) is 5.53. The Morgan fingerprint density at radius 3 is 2.48 bits per heavy atom. The second-order valence-corrected chi connectivity index (χ2v) is 6.40. The summed E-state index contributed by atoms with van der Waals surface area (Å²) in [5, 5.41) is 3.55. The fraction of sp³-hybridized carbons (Fsp3) is 0.182.